The van der Waals surface area contributed by atoms with Crippen molar-refractivity contribution in [3.63, 3.8) is 0 Å². The summed E-state index contributed by atoms with van der Waals surface area (Å²) in [5.74, 6) is 1.38. The first-order valence-corrected chi connectivity index (χ1v) is 7.50. The van der Waals surface area contributed by atoms with Gasteiger partial charge in [-0.25, -0.2) is 0 Å². The molecule has 3 rings (SSSR count). The Balaban J connectivity index is 1.71. The van der Waals surface area contributed by atoms with E-state index in [-0.39, 0.29) is 17.9 Å². The SMILES string of the molecule is CCC1C(=O)NC(C2CC2)C(=O)N1CCc1nc(C)no1. The maximum atomic E-state index is 12.6. The largest absolute Gasteiger partial charge is 0.342 e. The van der Waals surface area contributed by atoms with Gasteiger partial charge in [0.25, 0.3) is 0 Å². The Hall–Kier alpha value is -1.92. The van der Waals surface area contributed by atoms with Crippen molar-refractivity contribution in [3.05, 3.63) is 11.7 Å². The van der Waals surface area contributed by atoms with Crippen molar-refractivity contribution in [3.8, 4) is 0 Å². The first-order chi connectivity index (χ1) is 10.1. The number of nitrogens with one attached hydrogen (secondary N) is 1. The van der Waals surface area contributed by atoms with E-state index < -0.39 is 6.04 Å². The van der Waals surface area contributed by atoms with Crippen molar-refractivity contribution >= 4 is 11.8 Å². The van der Waals surface area contributed by atoms with Crippen LogP contribution in [-0.2, 0) is 16.0 Å². The van der Waals surface area contributed by atoms with Gasteiger partial charge in [0.15, 0.2) is 5.82 Å². The second-order valence-corrected chi connectivity index (χ2v) is 5.76. The summed E-state index contributed by atoms with van der Waals surface area (Å²) in [5.41, 5.74) is 0. The quantitative estimate of drug-likeness (QED) is 0.850. The summed E-state index contributed by atoms with van der Waals surface area (Å²) in [6.45, 7) is 4.11. The molecular weight excluding hydrogens is 272 g/mol. The standard InChI is InChI=1S/C14H20N4O3/c1-3-10-13(19)16-12(9-4-5-9)14(20)18(10)7-6-11-15-8(2)17-21-11/h9-10,12H,3-7H2,1-2H3,(H,16,19). The monoisotopic (exact) mass is 292 g/mol. The van der Waals surface area contributed by atoms with Gasteiger partial charge in [0.05, 0.1) is 0 Å². The van der Waals surface area contributed by atoms with Gasteiger partial charge in [-0.3, -0.25) is 9.59 Å². The molecule has 1 saturated heterocycles. The van der Waals surface area contributed by atoms with Gasteiger partial charge in [0, 0.05) is 13.0 Å². The number of aryl methyl sites for hydroxylation is 1. The third kappa shape index (κ3) is 2.77. The van der Waals surface area contributed by atoms with Crippen LogP contribution in [-0.4, -0.2) is 45.5 Å². The van der Waals surface area contributed by atoms with Gasteiger partial charge in [0.1, 0.15) is 12.1 Å². The zero-order chi connectivity index (χ0) is 15.0. The minimum Gasteiger partial charge on any atom is -0.342 e. The maximum absolute atomic E-state index is 12.6. The molecule has 2 unspecified atom stereocenters. The molecule has 2 heterocycles. The molecule has 0 radical (unpaired) electrons. The molecule has 114 valence electrons. The molecule has 7 heteroatoms. The van der Waals surface area contributed by atoms with E-state index in [0.717, 1.165) is 12.8 Å². The van der Waals surface area contributed by atoms with Crippen molar-refractivity contribution in [2.75, 3.05) is 6.54 Å². The van der Waals surface area contributed by atoms with Gasteiger partial charge in [-0.2, -0.15) is 4.98 Å². The van der Waals surface area contributed by atoms with Crippen LogP contribution < -0.4 is 5.32 Å². The van der Waals surface area contributed by atoms with Gasteiger partial charge < -0.3 is 14.7 Å². The fraction of sp³-hybridized carbons (Fsp3) is 0.714. The molecule has 21 heavy (non-hydrogen) atoms. The zero-order valence-corrected chi connectivity index (χ0v) is 12.3. The summed E-state index contributed by atoms with van der Waals surface area (Å²) in [4.78, 5) is 30.6. The molecule has 7 nitrogen and oxygen atoms in total. The predicted molar refractivity (Wildman–Crippen MR) is 73.2 cm³/mol. The number of piperazine rings is 1. The van der Waals surface area contributed by atoms with Crippen molar-refractivity contribution < 1.29 is 14.1 Å². The van der Waals surface area contributed by atoms with Crippen LogP contribution in [0.2, 0.25) is 0 Å². The fourth-order valence-electron chi connectivity index (χ4n) is 2.86. The molecule has 1 N–H and O–H groups in total. The average Bonchev–Trinajstić information content (AvgIpc) is 3.22. The minimum atomic E-state index is -0.392. The van der Waals surface area contributed by atoms with Crippen LogP contribution in [0, 0.1) is 12.8 Å². The van der Waals surface area contributed by atoms with E-state index in [9.17, 15) is 9.59 Å². The summed E-state index contributed by atoms with van der Waals surface area (Å²) in [6, 6.07) is -0.735. The van der Waals surface area contributed by atoms with E-state index in [1.165, 1.54) is 0 Å². The molecule has 0 bridgehead atoms. The van der Waals surface area contributed by atoms with E-state index in [0.29, 0.717) is 37.0 Å². The van der Waals surface area contributed by atoms with E-state index >= 15 is 0 Å². The predicted octanol–water partition coefficient (Wildman–Crippen LogP) is 0.436. The molecule has 1 aromatic heterocycles. The summed E-state index contributed by atoms with van der Waals surface area (Å²) in [5, 5.41) is 6.62. The Morgan fingerprint density at radius 1 is 1.38 bits per heavy atom. The Labute approximate surface area is 123 Å². The number of carbonyl (C=O) groups excluding carboxylic acids is 2. The normalized spacial score (nSPS) is 26.1. The highest BCUT2D eigenvalue weighted by atomic mass is 16.5. The highest BCUT2D eigenvalue weighted by Gasteiger charge is 2.46. The average molecular weight is 292 g/mol. The lowest BCUT2D eigenvalue weighted by atomic mass is 10.0. The lowest BCUT2D eigenvalue weighted by molar-refractivity contribution is -0.150. The number of rotatable bonds is 5. The second kappa shape index (κ2) is 5.46. The molecule has 1 aliphatic heterocycles. The van der Waals surface area contributed by atoms with Crippen molar-refractivity contribution in [2.24, 2.45) is 5.92 Å². The molecule has 2 aliphatic rings. The molecule has 2 amide bonds. The van der Waals surface area contributed by atoms with Crippen LogP contribution in [0.1, 0.15) is 37.9 Å². The van der Waals surface area contributed by atoms with Gasteiger partial charge in [-0.05, 0) is 32.1 Å². The third-order valence-corrected chi connectivity index (χ3v) is 4.14. The van der Waals surface area contributed by atoms with Gasteiger partial charge in [-0.1, -0.05) is 12.1 Å². The van der Waals surface area contributed by atoms with Gasteiger partial charge in [-0.15, -0.1) is 0 Å². The Morgan fingerprint density at radius 3 is 2.71 bits per heavy atom. The highest BCUT2D eigenvalue weighted by molar-refractivity contribution is 5.97. The Morgan fingerprint density at radius 2 is 2.14 bits per heavy atom. The molecule has 0 spiro atoms. The van der Waals surface area contributed by atoms with Gasteiger partial charge in [0.2, 0.25) is 17.7 Å². The second-order valence-electron chi connectivity index (χ2n) is 5.76. The van der Waals surface area contributed by atoms with Gasteiger partial charge >= 0.3 is 0 Å². The third-order valence-electron chi connectivity index (χ3n) is 4.14. The lowest BCUT2D eigenvalue weighted by Gasteiger charge is -2.38. The van der Waals surface area contributed by atoms with Crippen LogP contribution in [0.25, 0.3) is 0 Å². The topological polar surface area (TPSA) is 88.3 Å². The number of amides is 2. The van der Waals surface area contributed by atoms with Crippen LogP contribution in [0.15, 0.2) is 4.52 Å². The molecule has 0 aromatic carbocycles. The molecule has 1 saturated carbocycles. The molecule has 1 aromatic rings. The first-order valence-electron chi connectivity index (χ1n) is 7.50. The summed E-state index contributed by atoms with van der Waals surface area (Å²) < 4.78 is 5.07. The van der Waals surface area contributed by atoms with E-state index in [4.69, 9.17) is 4.52 Å². The maximum Gasteiger partial charge on any atom is 0.246 e. The summed E-state index contributed by atoms with van der Waals surface area (Å²) in [6.07, 6.45) is 3.12. The van der Waals surface area contributed by atoms with Crippen molar-refractivity contribution in [2.45, 2.75) is 51.6 Å². The van der Waals surface area contributed by atoms with E-state index in [1.54, 1.807) is 11.8 Å². The molecule has 1 aliphatic carbocycles. The Kier molecular flexibility index (Phi) is 3.65. The Bertz CT molecular complexity index is 552. The van der Waals surface area contributed by atoms with Crippen LogP contribution in [0.5, 0.6) is 0 Å². The van der Waals surface area contributed by atoms with E-state index in [2.05, 4.69) is 15.5 Å². The first kappa shape index (κ1) is 14.0. The molecule has 2 atom stereocenters. The van der Waals surface area contributed by atoms with Crippen molar-refractivity contribution in [1.29, 1.82) is 0 Å². The minimum absolute atomic E-state index is 0.0280. The fourth-order valence-corrected chi connectivity index (χ4v) is 2.86. The highest BCUT2D eigenvalue weighted by Crippen LogP contribution is 2.35. The van der Waals surface area contributed by atoms with Crippen LogP contribution >= 0.6 is 0 Å². The number of hydrogen-bond acceptors (Lipinski definition) is 5. The zero-order valence-electron chi connectivity index (χ0n) is 12.3. The molecular formula is C14H20N4O3. The van der Waals surface area contributed by atoms with Crippen LogP contribution in [0.3, 0.4) is 0 Å². The summed E-state index contributed by atoms with van der Waals surface area (Å²) >= 11 is 0. The smallest absolute Gasteiger partial charge is 0.246 e. The van der Waals surface area contributed by atoms with Crippen LogP contribution in [0.4, 0.5) is 0 Å². The molecule has 2 fully saturated rings. The van der Waals surface area contributed by atoms with Crippen molar-refractivity contribution in [1.82, 2.24) is 20.4 Å². The number of carbonyl (C=O) groups is 2. The summed E-state index contributed by atoms with van der Waals surface area (Å²) in [7, 11) is 0. The van der Waals surface area contributed by atoms with E-state index in [1.807, 2.05) is 6.92 Å². The lowest BCUT2D eigenvalue weighted by Crippen LogP contribution is -2.64. The number of hydrogen-bond donors (Lipinski definition) is 1. The number of nitrogens with zero attached hydrogens (tertiary/aromatic N) is 3. The number of aromatic nitrogens is 2.